The highest BCUT2D eigenvalue weighted by atomic mass is 16.3. The van der Waals surface area contributed by atoms with Gasteiger partial charge in [-0.05, 0) is 50.2 Å². The molecule has 0 unspecified atom stereocenters. The standard InChI is InChI=1S/C26H26N8O/c1-3-18-6-4-7-19(14-18)21-15-22(30-25(27)29-21)23-17-34(32-31-23)16-20-8-5-9-24(28-20)26(35)10-12-33(2)13-11-26/h1,4-9,14-15,17,35H,10-13,16H2,2H3,(H2,27,29,30). The number of aromatic nitrogens is 6. The van der Waals surface area contributed by atoms with Gasteiger partial charge in [-0.1, -0.05) is 29.3 Å². The number of rotatable bonds is 5. The van der Waals surface area contributed by atoms with Crippen LogP contribution in [0.4, 0.5) is 5.95 Å². The van der Waals surface area contributed by atoms with Crippen LogP contribution in [0.15, 0.2) is 54.7 Å². The van der Waals surface area contributed by atoms with Crippen LogP contribution >= 0.6 is 0 Å². The number of likely N-dealkylation sites (tertiary alicyclic amines) is 1. The van der Waals surface area contributed by atoms with Gasteiger partial charge in [0, 0.05) is 24.2 Å². The van der Waals surface area contributed by atoms with Gasteiger partial charge >= 0.3 is 0 Å². The summed E-state index contributed by atoms with van der Waals surface area (Å²) < 4.78 is 1.69. The van der Waals surface area contributed by atoms with E-state index in [1.54, 1.807) is 10.9 Å². The molecule has 1 saturated heterocycles. The molecule has 0 spiro atoms. The molecule has 0 atom stereocenters. The van der Waals surface area contributed by atoms with Crippen LogP contribution < -0.4 is 5.73 Å². The molecule has 35 heavy (non-hydrogen) atoms. The van der Waals surface area contributed by atoms with E-state index in [0.29, 0.717) is 42.2 Å². The summed E-state index contributed by atoms with van der Waals surface area (Å²) in [4.78, 5) is 15.6. The van der Waals surface area contributed by atoms with Crippen LogP contribution in [-0.4, -0.2) is 60.1 Å². The van der Waals surface area contributed by atoms with Crippen LogP contribution in [0, 0.1) is 12.3 Å². The first kappa shape index (κ1) is 22.7. The first-order valence-electron chi connectivity index (χ1n) is 11.4. The number of nitrogen functional groups attached to an aromatic ring is 1. The summed E-state index contributed by atoms with van der Waals surface area (Å²) in [6.07, 6.45) is 8.65. The zero-order valence-corrected chi connectivity index (χ0v) is 19.5. The van der Waals surface area contributed by atoms with Crippen LogP contribution in [0.2, 0.25) is 0 Å². The third kappa shape index (κ3) is 4.89. The van der Waals surface area contributed by atoms with Gasteiger partial charge in [0.15, 0.2) is 0 Å². The van der Waals surface area contributed by atoms with Gasteiger partial charge < -0.3 is 15.7 Å². The minimum Gasteiger partial charge on any atom is -0.383 e. The highest BCUT2D eigenvalue weighted by molar-refractivity contribution is 5.68. The van der Waals surface area contributed by atoms with Crippen molar-refractivity contribution in [3.63, 3.8) is 0 Å². The topological polar surface area (TPSA) is 119 Å². The first-order chi connectivity index (χ1) is 16.9. The van der Waals surface area contributed by atoms with E-state index in [-0.39, 0.29) is 5.95 Å². The summed E-state index contributed by atoms with van der Waals surface area (Å²) >= 11 is 0. The zero-order chi connectivity index (χ0) is 24.4. The minimum atomic E-state index is -0.901. The molecule has 9 nitrogen and oxygen atoms in total. The van der Waals surface area contributed by atoms with Crippen LogP contribution in [0.5, 0.6) is 0 Å². The molecule has 1 fully saturated rings. The van der Waals surface area contributed by atoms with Gasteiger partial charge in [-0.15, -0.1) is 11.5 Å². The maximum Gasteiger partial charge on any atom is 0.221 e. The van der Waals surface area contributed by atoms with E-state index in [1.165, 1.54) is 0 Å². The zero-order valence-electron chi connectivity index (χ0n) is 19.5. The monoisotopic (exact) mass is 466 g/mol. The van der Waals surface area contributed by atoms with Crippen LogP contribution in [-0.2, 0) is 12.1 Å². The number of nitrogens with zero attached hydrogens (tertiary/aromatic N) is 7. The average molecular weight is 467 g/mol. The van der Waals surface area contributed by atoms with Crippen molar-refractivity contribution >= 4 is 5.95 Å². The molecule has 3 aromatic heterocycles. The fourth-order valence-corrected chi connectivity index (χ4v) is 4.24. The molecule has 4 heterocycles. The number of benzene rings is 1. The number of terminal acetylenes is 1. The van der Waals surface area contributed by atoms with Crippen molar-refractivity contribution in [2.24, 2.45) is 0 Å². The summed E-state index contributed by atoms with van der Waals surface area (Å²) in [5, 5.41) is 19.6. The van der Waals surface area contributed by atoms with E-state index in [9.17, 15) is 5.11 Å². The SMILES string of the molecule is C#Cc1cccc(-c2cc(-c3cn(Cc4cccc(C5(O)CCN(C)CC5)n4)nn3)nc(N)n2)c1. The smallest absolute Gasteiger partial charge is 0.221 e. The van der Waals surface area contributed by atoms with E-state index in [0.717, 1.165) is 29.9 Å². The van der Waals surface area contributed by atoms with Crippen molar-refractivity contribution in [3.8, 4) is 35.0 Å². The lowest BCUT2D eigenvalue weighted by Gasteiger charge is -2.36. The summed E-state index contributed by atoms with van der Waals surface area (Å²) in [7, 11) is 2.06. The maximum atomic E-state index is 11.1. The van der Waals surface area contributed by atoms with Crippen molar-refractivity contribution in [2.75, 3.05) is 25.9 Å². The second kappa shape index (κ2) is 9.25. The van der Waals surface area contributed by atoms with E-state index in [4.69, 9.17) is 17.1 Å². The Morgan fingerprint density at radius 3 is 2.60 bits per heavy atom. The highest BCUT2D eigenvalue weighted by Gasteiger charge is 2.34. The number of nitrogens with two attached hydrogens (primary N) is 1. The third-order valence-corrected chi connectivity index (χ3v) is 6.29. The fourth-order valence-electron chi connectivity index (χ4n) is 4.24. The number of piperidine rings is 1. The van der Waals surface area contributed by atoms with Crippen LogP contribution in [0.3, 0.4) is 0 Å². The van der Waals surface area contributed by atoms with Crippen LogP contribution in [0.1, 0.15) is 29.8 Å². The summed E-state index contributed by atoms with van der Waals surface area (Å²) in [5.74, 6) is 2.77. The minimum absolute atomic E-state index is 0.138. The molecular formula is C26H26N8O. The first-order valence-corrected chi connectivity index (χ1v) is 11.4. The molecule has 176 valence electrons. The molecule has 0 aliphatic carbocycles. The lowest BCUT2D eigenvalue weighted by atomic mass is 9.88. The van der Waals surface area contributed by atoms with E-state index in [2.05, 4.69) is 38.1 Å². The number of hydrogen-bond donors (Lipinski definition) is 2. The Balaban J connectivity index is 1.38. The van der Waals surface area contributed by atoms with Gasteiger partial charge in [-0.2, -0.15) is 0 Å². The molecule has 1 aromatic carbocycles. The number of aliphatic hydroxyl groups is 1. The molecule has 1 aliphatic heterocycles. The predicted molar refractivity (Wildman–Crippen MR) is 133 cm³/mol. The maximum absolute atomic E-state index is 11.1. The molecule has 1 aliphatic rings. The summed E-state index contributed by atoms with van der Waals surface area (Å²) in [6, 6.07) is 15.1. The second-order valence-corrected chi connectivity index (χ2v) is 8.87. The Hall–Kier alpha value is -4.13. The van der Waals surface area contributed by atoms with Crippen LogP contribution in [0.25, 0.3) is 22.6 Å². The number of hydrogen-bond acceptors (Lipinski definition) is 8. The van der Waals surface area contributed by atoms with Crippen molar-refractivity contribution in [2.45, 2.75) is 25.0 Å². The second-order valence-electron chi connectivity index (χ2n) is 8.87. The van der Waals surface area contributed by atoms with Gasteiger partial charge in [-0.25, -0.2) is 14.6 Å². The summed E-state index contributed by atoms with van der Waals surface area (Å²) in [5.41, 5.74) is 9.96. The normalized spacial score (nSPS) is 15.6. The van der Waals surface area contributed by atoms with E-state index < -0.39 is 5.60 Å². The van der Waals surface area contributed by atoms with Gasteiger partial charge in [0.1, 0.15) is 11.3 Å². The number of pyridine rings is 1. The average Bonchev–Trinajstić information content (AvgIpc) is 3.34. The van der Waals surface area contributed by atoms with E-state index >= 15 is 0 Å². The quantitative estimate of drug-likeness (QED) is 0.430. The fraction of sp³-hybridized carbons (Fsp3) is 0.269. The van der Waals surface area contributed by atoms with Gasteiger partial charge in [0.05, 0.1) is 35.5 Å². The summed E-state index contributed by atoms with van der Waals surface area (Å²) in [6.45, 7) is 2.09. The molecule has 9 heteroatoms. The van der Waals surface area contributed by atoms with Gasteiger partial charge in [-0.3, -0.25) is 4.98 Å². The van der Waals surface area contributed by atoms with E-state index in [1.807, 2.05) is 48.5 Å². The van der Waals surface area contributed by atoms with Gasteiger partial charge in [0.25, 0.3) is 0 Å². The Kier molecular flexibility index (Phi) is 5.99. The molecule has 0 bridgehead atoms. The molecule has 0 amide bonds. The lowest BCUT2D eigenvalue weighted by molar-refractivity contribution is -0.0240. The Morgan fingerprint density at radius 1 is 1.03 bits per heavy atom. The molecular weight excluding hydrogens is 440 g/mol. The largest absolute Gasteiger partial charge is 0.383 e. The molecule has 0 radical (unpaired) electrons. The number of anilines is 1. The lowest BCUT2D eigenvalue weighted by Crippen LogP contribution is -2.41. The van der Waals surface area contributed by atoms with Crippen molar-refractivity contribution in [1.29, 1.82) is 0 Å². The Labute approximate surface area is 203 Å². The van der Waals surface area contributed by atoms with Crippen molar-refractivity contribution < 1.29 is 5.11 Å². The molecule has 5 rings (SSSR count). The molecule has 3 N–H and O–H groups in total. The predicted octanol–water partition coefficient (Wildman–Crippen LogP) is 2.32. The highest BCUT2D eigenvalue weighted by Crippen LogP contribution is 2.31. The van der Waals surface area contributed by atoms with Crippen molar-refractivity contribution in [1.82, 2.24) is 34.8 Å². The van der Waals surface area contributed by atoms with Crippen molar-refractivity contribution in [3.05, 3.63) is 71.7 Å². The Bertz CT molecular complexity index is 1400. The molecule has 0 saturated carbocycles. The Morgan fingerprint density at radius 2 is 1.80 bits per heavy atom. The third-order valence-electron chi connectivity index (χ3n) is 6.29. The van der Waals surface area contributed by atoms with Gasteiger partial charge in [0.2, 0.25) is 5.95 Å². The molecule has 4 aromatic rings.